The maximum atomic E-state index is 12.5. The molecule has 0 radical (unpaired) electrons. The third-order valence-electron chi connectivity index (χ3n) is 6.48. The predicted octanol–water partition coefficient (Wildman–Crippen LogP) is 4.13. The summed E-state index contributed by atoms with van der Waals surface area (Å²) in [5.41, 5.74) is 3.03. The van der Waals surface area contributed by atoms with Gasteiger partial charge in [0.2, 0.25) is 5.78 Å². The van der Waals surface area contributed by atoms with Crippen LogP contribution >= 0.6 is 0 Å². The van der Waals surface area contributed by atoms with Crippen LogP contribution in [0.4, 0.5) is 16.4 Å². The van der Waals surface area contributed by atoms with Gasteiger partial charge < -0.3 is 19.9 Å². The molecule has 0 spiro atoms. The Morgan fingerprint density at radius 2 is 1.97 bits per heavy atom. The molecule has 0 bridgehead atoms. The van der Waals surface area contributed by atoms with Gasteiger partial charge in [-0.25, -0.2) is 14.8 Å². The summed E-state index contributed by atoms with van der Waals surface area (Å²) < 4.78 is 7.44. The molecule has 1 saturated heterocycles. The van der Waals surface area contributed by atoms with Crippen LogP contribution in [0.3, 0.4) is 0 Å². The lowest BCUT2D eigenvalue weighted by Gasteiger charge is -2.36. The number of hydrogen-bond donors (Lipinski definition) is 1. The van der Waals surface area contributed by atoms with Crippen molar-refractivity contribution in [3.8, 4) is 6.07 Å². The average molecular weight is 499 g/mol. The van der Waals surface area contributed by atoms with Gasteiger partial charge in [-0.15, -0.1) is 0 Å². The zero-order valence-electron chi connectivity index (χ0n) is 21.5. The van der Waals surface area contributed by atoms with Crippen molar-refractivity contribution < 1.29 is 9.53 Å². The predicted molar refractivity (Wildman–Crippen MR) is 142 cm³/mol. The Balaban J connectivity index is 1.41. The highest BCUT2D eigenvalue weighted by atomic mass is 16.6. The number of nitriles is 1. The van der Waals surface area contributed by atoms with Crippen LogP contribution in [0, 0.1) is 18.3 Å². The molecule has 4 heterocycles. The van der Waals surface area contributed by atoms with Crippen molar-refractivity contribution in [2.24, 2.45) is 0 Å². The number of nitrogens with zero attached hydrogens (tertiary/aromatic N) is 7. The van der Waals surface area contributed by atoms with Crippen molar-refractivity contribution >= 4 is 34.4 Å². The molecule has 1 aromatic carbocycles. The third-order valence-corrected chi connectivity index (χ3v) is 6.48. The van der Waals surface area contributed by atoms with Gasteiger partial charge in [0, 0.05) is 50.5 Å². The van der Waals surface area contributed by atoms with E-state index in [0.717, 1.165) is 27.8 Å². The molecule has 1 aliphatic rings. The molecular formula is C27H30N8O2. The Hall–Kier alpha value is -4.39. The summed E-state index contributed by atoms with van der Waals surface area (Å²) in [6.45, 7) is 10.5. The fourth-order valence-electron chi connectivity index (χ4n) is 4.47. The minimum absolute atomic E-state index is 0.285. The first-order chi connectivity index (χ1) is 17.7. The number of imidazole rings is 1. The minimum Gasteiger partial charge on any atom is -0.444 e. The summed E-state index contributed by atoms with van der Waals surface area (Å²) in [7, 11) is 0. The largest absolute Gasteiger partial charge is 0.444 e. The fraction of sp³-hybridized carbons (Fsp3) is 0.370. The Kier molecular flexibility index (Phi) is 6.29. The number of benzene rings is 1. The maximum absolute atomic E-state index is 12.5. The fourth-order valence-corrected chi connectivity index (χ4v) is 4.47. The van der Waals surface area contributed by atoms with Gasteiger partial charge in [0.1, 0.15) is 17.2 Å². The van der Waals surface area contributed by atoms with Gasteiger partial charge in [-0.3, -0.25) is 4.40 Å². The molecular weight excluding hydrogens is 468 g/mol. The van der Waals surface area contributed by atoms with Crippen LogP contribution < -0.4 is 10.2 Å². The van der Waals surface area contributed by atoms with Crippen molar-refractivity contribution in [1.29, 1.82) is 5.26 Å². The van der Waals surface area contributed by atoms with Crippen LogP contribution in [-0.4, -0.2) is 62.1 Å². The number of carbonyl (C=O) groups excluding carboxylic acids is 1. The highest BCUT2D eigenvalue weighted by molar-refractivity contribution is 5.92. The van der Waals surface area contributed by atoms with Crippen LogP contribution in [0.1, 0.15) is 37.5 Å². The Morgan fingerprint density at radius 3 is 2.70 bits per heavy atom. The summed E-state index contributed by atoms with van der Waals surface area (Å²) in [5, 5.41) is 13.8. The lowest BCUT2D eigenvalue weighted by molar-refractivity contribution is 0.0240. The molecule has 0 aliphatic carbocycles. The number of fused-ring (bicyclic) bond motifs is 3. The molecule has 0 atom stereocenters. The smallest absolute Gasteiger partial charge is 0.410 e. The third kappa shape index (κ3) is 4.98. The van der Waals surface area contributed by atoms with Crippen LogP contribution in [-0.2, 0) is 11.3 Å². The highest BCUT2D eigenvalue weighted by Gasteiger charge is 2.26. The lowest BCUT2D eigenvalue weighted by Crippen LogP contribution is -2.50. The van der Waals surface area contributed by atoms with Gasteiger partial charge in [-0.2, -0.15) is 10.2 Å². The molecule has 190 valence electrons. The van der Waals surface area contributed by atoms with Crippen molar-refractivity contribution in [1.82, 2.24) is 24.3 Å². The van der Waals surface area contributed by atoms with E-state index in [0.29, 0.717) is 49.9 Å². The van der Waals surface area contributed by atoms with Gasteiger partial charge in [0.05, 0.1) is 23.3 Å². The maximum Gasteiger partial charge on any atom is 0.410 e. The van der Waals surface area contributed by atoms with Gasteiger partial charge in [0.15, 0.2) is 0 Å². The minimum atomic E-state index is -0.516. The number of amides is 1. The average Bonchev–Trinajstić information content (AvgIpc) is 3.35. The van der Waals surface area contributed by atoms with E-state index >= 15 is 0 Å². The first-order valence-corrected chi connectivity index (χ1v) is 12.3. The van der Waals surface area contributed by atoms with Gasteiger partial charge in [-0.1, -0.05) is 12.1 Å². The molecule has 1 fully saturated rings. The van der Waals surface area contributed by atoms with Gasteiger partial charge in [0.25, 0.3) is 0 Å². The van der Waals surface area contributed by atoms with Gasteiger partial charge >= 0.3 is 6.09 Å². The molecule has 10 heteroatoms. The van der Waals surface area contributed by atoms with Crippen molar-refractivity contribution in [3.05, 3.63) is 59.5 Å². The zero-order chi connectivity index (χ0) is 26.2. The standard InChI is InChI=1S/C27H30N8O2/c1-18-19(15-28)6-5-7-20(18)16-31-24-21-14-23(30-17-22(21)35-9-8-29-25(35)32-24)33-10-12-34(13-11-33)26(36)37-27(2,3)4/h5-9,14,17H,10-13,16H2,1-4H3,(H,29,31,32). The van der Waals surface area contributed by atoms with E-state index < -0.39 is 5.60 Å². The number of nitrogens with one attached hydrogen (secondary N) is 1. The Morgan fingerprint density at radius 1 is 1.19 bits per heavy atom. The zero-order valence-corrected chi connectivity index (χ0v) is 21.5. The number of ether oxygens (including phenoxy) is 1. The number of rotatable bonds is 4. The number of carbonyl (C=O) groups is 1. The van der Waals surface area contributed by atoms with Crippen LogP contribution in [0.5, 0.6) is 0 Å². The summed E-state index contributed by atoms with van der Waals surface area (Å²) in [6, 6.07) is 10.0. The number of aromatic nitrogens is 4. The molecule has 1 N–H and O–H groups in total. The van der Waals surface area contributed by atoms with Gasteiger partial charge in [-0.05, 0) is 51.0 Å². The summed E-state index contributed by atoms with van der Waals surface area (Å²) in [5.74, 6) is 2.10. The van der Waals surface area contributed by atoms with E-state index in [4.69, 9.17) is 14.7 Å². The SMILES string of the molecule is Cc1c(C#N)cccc1CNc1nc2nccn2c2cnc(N3CCN(C(=O)OC(C)(C)C)CC3)cc12. The molecule has 10 nitrogen and oxygen atoms in total. The first-order valence-electron chi connectivity index (χ1n) is 12.3. The molecule has 37 heavy (non-hydrogen) atoms. The summed E-state index contributed by atoms with van der Waals surface area (Å²) in [4.78, 5) is 30.2. The first kappa shape index (κ1) is 24.3. The van der Waals surface area contributed by atoms with E-state index in [1.807, 2.05) is 68.8 Å². The lowest BCUT2D eigenvalue weighted by atomic mass is 10.0. The molecule has 1 aliphatic heterocycles. The Labute approximate surface area is 215 Å². The number of anilines is 2. The molecule has 0 unspecified atom stereocenters. The second kappa shape index (κ2) is 9.58. The molecule has 4 aromatic rings. The van der Waals surface area contributed by atoms with E-state index in [-0.39, 0.29) is 6.09 Å². The van der Waals surface area contributed by atoms with E-state index in [1.165, 1.54) is 0 Å². The summed E-state index contributed by atoms with van der Waals surface area (Å²) >= 11 is 0. The second-order valence-corrected chi connectivity index (χ2v) is 10.1. The molecule has 3 aromatic heterocycles. The quantitative estimate of drug-likeness (QED) is 0.447. The number of pyridine rings is 1. The van der Waals surface area contributed by atoms with Crippen molar-refractivity contribution in [3.63, 3.8) is 0 Å². The highest BCUT2D eigenvalue weighted by Crippen LogP contribution is 2.28. The number of hydrogen-bond acceptors (Lipinski definition) is 8. The molecule has 0 saturated carbocycles. The van der Waals surface area contributed by atoms with E-state index in [9.17, 15) is 10.1 Å². The topological polar surface area (TPSA) is 112 Å². The summed E-state index contributed by atoms with van der Waals surface area (Å²) in [6.07, 6.45) is 5.15. The van der Waals surface area contributed by atoms with E-state index in [1.54, 1.807) is 11.1 Å². The molecule has 1 amide bonds. The normalized spacial score (nSPS) is 14.1. The molecule has 5 rings (SSSR count). The van der Waals surface area contributed by atoms with E-state index in [2.05, 4.69) is 21.3 Å². The monoisotopic (exact) mass is 498 g/mol. The van der Waals surface area contributed by atoms with Crippen LogP contribution in [0.15, 0.2) is 42.9 Å². The van der Waals surface area contributed by atoms with Crippen LogP contribution in [0.2, 0.25) is 0 Å². The van der Waals surface area contributed by atoms with Crippen molar-refractivity contribution in [2.75, 3.05) is 36.4 Å². The van der Waals surface area contributed by atoms with Crippen molar-refractivity contribution in [2.45, 2.75) is 39.8 Å². The Bertz CT molecular complexity index is 1510. The number of piperazine rings is 1. The second-order valence-electron chi connectivity index (χ2n) is 10.1. The van der Waals surface area contributed by atoms with Crippen LogP contribution in [0.25, 0.3) is 16.7 Å².